The molecular weight excluding hydrogens is 336 g/mol. The molecule has 0 aliphatic heterocycles. The van der Waals surface area contributed by atoms with Gasteiger partial charge in [-0.25, -0.2) is 0 Å². The van der Waals surface area contributed by atoms with Gasteiger partial charge >= 0.3 is 0 Å². The lowest BCUT2D eigenvalue weighted by Crippen LogP contribution is -2.80. The highest BCUT2D eigenvalue weighted by molar-refractivity contribution is 6.31. The summed E-state index contributed by atoms with van der Waals surface area (Å²) in [5.74, 6) is 0.573. The predicted octanol–water partition coefficient (Wildman–Crippen LogP) is 2.90. The molecule has 2 aromatic carbocycles. The molecule has 5 heteroatoms. The maximum atomic E-state index is 11.8. The van der Waals surface area contributed by atoms with Crippen molar-refractivity contribution in [2.75, 3.05) is 6.61 Å². The average molecular weight is 362 g/mol. The highest BCUT2D eigenvalue weighted by Crippen LogP contribution is 2.14. The third kappa shape index (κ3) is 7.16. The number of nitrogens with one attached hydrogen (secondary N) is 1. The number of rotatable bonds is 7. The first-order chi connectivity index (χ1) is 11.8. The van der Waals surface area contributed by atoms with E-state index in [0.29, 0.717) is 5.75 Å². The monoisotopic (exact) mass is 361 g/mol. The van der Waals surface area contributed by atoms with Gasteiger partial charge in [-0.15, -0.1) is 0 Å². The Balaban J connectivity index is 1.76. The Morgan fingerprint density at radius 3 is 2.40 bits per heavy atom. The maximum absolute atomic E-state index is 11.8. The number of hydrogen-bond acceptors (Lipinski definition) is 2. The Hall–Kier alpha value is -2.04. The molecule has 0 saturated heterocycles. The molecule has 0 saturated carbocycles. The number of carbonyl (C=O) groups excluding carboxylic acids is 1. The smallest absolute Gasteiger partial charge is 0.258 e. The molecule has 0 fully saturated rings. The third-order valence-electron chi connectivity index (χ3n) is 3.51. The van der Waals surface area contributed by atoms with E-state index in [1.54, 1.807) is 0 Å². The Morgan fingerprint density at radius 1 is 1.08 bits per heavy atom. The first-order valence-electron chi connectivity index (χ1n) is 8.41. The highest BCUT2D eigenvalue weighted by Gasteiger charge is 2.13. The molecule has 0 aromatic heterocycles. The summed E-state index contributed by atoms with van der Waals surface area (Å²) in [6.45, 7) is 7.55. The van der Waals surface area contributed by atoms with Gasteiger partial charge in [0.1, 0.15) is 18.8 Å². The van der Waals surface area contributed by atoms with E-state index >= 15 is 0 Å². The van der Waals surface area contributed by atoms with E-state index in [1.807, 2.05) is 69.3 Å². The zero-order valence-corrected chi connectivity index (χ0v) is 15.8. The van der Waals surface area contributed by atoms with Crippen LogP contribution in [0.25, 0.3) is 0 Å². The number of quaternary nitrogens is 1. The summed E-state index contributed by atoms with van der Waals surface area (Å²) in [5.41, 5.74) is 2.08. The van der Waals surface area contributed by atoms with Crippen molar-refractivity contribution in [1.29, 1.82) is 0 Å². The Morgan fingerprint density at radius 2 is 1.76 bits per heavy atom. The van der Waals surface area contributed by atoms with Gasteiger partial charge in [-0.1, -0.05) is 29.8 Å². The van der Waals surface area contributed by atoms with Crippen molar-refractivity contribution in [2.45, 2.75) is 39.4 Å². The van der Waals surface area contributed by atoms with E-state index in [0.717, 1.165) is 23.7 Å². The molecule has 1 amide bonds. The molecule has 0 spiro atoms. The number of nitrogens with two attached hydrogens (primary N) is 1. The van der Waals surface area contributed by atoms with Gasteiger partial charge in [0.05, 0.1) is 0 Å². The second-order valence-corrected chi connectivity index (χ2v) is 7.43. The lowest BCUT2D eigenvalue weighted by Gasteiger charge is -2.20. The summed E-state index contributed by atoms with van der Waals surface area (Å²) in [6.07, 6.45) is 0. The van der Waals surface area contributed by atoms with Crippen LogP contribution in [0.1, 0.15) is 31.9 Å². The fourth-order valence-corrected chi connectivity index (χ4v) is 2.60. The van der Waals surface area contributed by atoms with Crippen molar-refractivity contribution >= 4 is 17.5 Å². The largest absolute Gasteiger partial charge is 0.484 e. The quantitative estimate of drug-likeness (QED) is 0.796. The molecule has 0 aliphatic carbocycles. The molecular formula is C20H26ClN2O2+. The first kappa shape index (κ1) is 19.3. The molecule has 2 rings (SSSR count). The highest BCUT2D eigenvalue weighted by atomic mass is 35.5. The van der Waals surface area contributed by atoms with Crippen LogP contribution >= 0.6 is 11.6 Å². The standard InChI is InChI=1S/C20H25ClN2O2/c1-20(2,3)23-19(24)14-25-17-10-8-15(9-11-17)12-22-13-16-6-4-5-7-18(16)21/h4-11,22H,12-14H2,1-3H3,(H,23,24)/p+1. The molecule has 3 N–H and O–H groups in total. The topological polar surface area (TPSA) is 54.9 Å². The van der Waals surface area contributed by atoms with E-state index in [1.165, 1.54) is 5.56 Å². The predicted molar refractivity (Wildman–Crippen MR) is 101 cm³/mol. The van der Waals surface area contributed by atoms with Gasteiger partial charge in [-0.05, 0) is 51.1 Å². The van der Waals surface area contributed by atoms with Crippen LogP contribution in [0.5, 0.6) is 5.75 Å². The molecule has 0 heterocycles. The third-order valence-corrected chi connectivity index (χ3v) is 3.88. The first-order valence-corrected chi connectivity index (χ1v) is 8.79. The van der Waals surface area contributed by atoms with Crippen molar-refractivity contribution < 1.29 is 14.8 Å². The van der Waals surface area contributed by atoms with Gasteiger partial charge in [0, 0.05) is 21.7 Å². The van der Waals surface area contributed by atoms with Crippen LogP contribution in [-0.4, -0.2) is 18.1 Å². The van der Waals surface area contributed by atoms with E-state index in [9.17, 15) is 4.79 Å². The van der Waals surface area contributed by atoms with Gasteiger partial charge in [0.2, 0.25) is 0 Å². The van der Waals surface area contributed by atoms with Crippen LogP contribution in [0.15, 0.2) is 48.5 Å². The van der Waals surface area contributed by atoms with Crippen LogP contribution < -0.4 is 15.4 Å². The van der Waals surface area contributed by atoms with E-state index in [4.69, 9.17) is 16.3 Å². The van der Waals surface area contributed by atoms with Crippen LogP contribution in [0.2, 0.25) is 5.02 Å². The minimum atomic E-state index is -0.248. The summed E-state index contributed by atoms with van der Waals surface area (Å²) in [5, 5.41) is 5.87. The Bertz CT molecular complexity index is 694. The van der Waals surface area contributed by atoms with E-state index in [2.05, 4.69) is 10.6 Å². The number of amides is 1. The molecule has 0 unspecified atom stereocenters. The summed E-state index contributed by atoms with van der Waals surface area (Å²) in [7, 11) is 0. The lowest BCUT2D eigenvalue weighted by molar-refractivity contribution is -0.686. The normalized spacial score (nSPS) is 11.2. The fraction of sp³-hybridized carbons (Fsp3) is 0.350. The van der Waals surface area contributed by atoms with Gasteiger partial charge in [-0.3, -0.25) is 4.79 Å². The molecule has 0 radical (unpaired) electrons. The second-order valence-electron chi connectivity index (χ2n) is 7.02. The zero-order valence-electron chi connectivity index (χ0n) is 15.0. The number of ether oxygens (including phenoxy) is 1. The minimum absolute atomic E-state index is 0.0231. The number of halogens is 1. The minimum Gasteiger partial charge on any atom is -0.484 e. The van der Waals surface area contributed by atoms with Gasteiger partial charge < -0.3 is 15.4 Å². The van der Waals surface area contributed by atoms with Crippen LogP contribution in [0.4, 0.5) is 0 Å². The Kier molecular flexibility index (Phi) is 6.85. The summed E-state index contributed by atoms with van der Waals surface area (Å²) < 4.78 is 5.52. The van der Waals surface area contributed by atoms with Gasteiger partial charge in [0.15, 0.2) is 6.61 Å². The van der Waals surface area contributed by atoms with Crippen molar-refractivity contribution in [2.24, 2.45) is 0 Å². The number of hydrogen-bond donors (Lipinski definition) is 2. The second kappa shape index (κ2) is 8.88. The van der Waals surface area contributed by atoms with E-state index < -0.39 is 0 Å². The zero-order chi connectivity index (χ0) is 18.3. The molecule has 4 nitrogen and oxygen atoms in total. The number of benzene rings is 2. The van der Waals surface area contributed by atoms with E-state index in [-0.39, 0.29) is 18.1 Å². The molecule has 25 heavy (non-hydrogen) atoms. The van der Waals surface area contributed by atoms with Crippen LogP contribution in [0, 0.1) is 0 Å². The molecule has 0 bridgehead atoms. The molecule has 0 atom stereocenters. The van der Waals surface area contributed by atoms with Crippen molar-refractivity contribution in [3.8, 4) is 5.75 Å². The van der Waals surface area contributed by atoms with Gasteiger partial charge in [0.25, 0.3) is 5.91 Å². The van der Waals surface area contributed by atoms with Crippen molar-refractivity contribution in [1.82, 2.24) is 5.32 Å². The summed E-state index contributed by atoms with van der Waals surface area (Å²) >= 11 is 6.16. The Labute approximate surface area is 154 Å². The summed E-state index contributed by atoms with van der Waals surface area (Å²) in [6, 6.07) is 15.7. The van der Waals surface area contributed by atoms with Crippen molar-refractivity contribution in [3.05, 3.63) is 64.7 Å². The lowest BCUT2D eigenvalue weighted by atomic mass is 10.1. The SMILES string of the molecule is CC(C)(C)NC(=O)COc1ccc(C[NH2+]Cc2ccccc2Cl)cc1. The maximum Gasteiger partial charge on any atom is 0.258 e. The molecule has 0 aliphatic rings. The van der Waals surface area contributed by atoms with Crippen molar-refractivity contribution in [3.63, 3.8) is 0 Å². The number of carbonyl (C=O) groups is 1. The van der Waals surface area contributed by atoms with Gasteiger partial charge in [-0.2, -0.15) is 0 Å². The fourth-order valence-electron chi connectivity index (χ4n) is 2.38. The molecule has 2 aromatic rings. The molecule has 134 valence electrons. The average Bonchev–Trinajstić information content (AvgIpc) is 2.54. The summed E-state index contributed by atoms with van der Waals surface area (Å²) in [4.78, 5) is 11.8. The van der Waals surface area contributed by atoms with Crippen LogP contribution in [-0.2, 0) is 17.9 Å². The van der Waals surface area contributed by atoms with Crippen LogP contribution in [0.3, 0.4) is 0 Å².